The second-order valence-corrected chi connectivity index (χ2v) is 4.75. The fraction of sp³-hybridized carbons (Fsp3) is 0.0588. The van der Waals surface area contributed by atoms with Crippen molar-refractivity contribution in [3.63, 3.8) is 0 Å². The molecule has 21 heavy (non-hydrogen) atoms. The Kier molecular flexibility index (Phi) is 3.36. The van der Waals surface area contributed by atoms with Gasteiger partial charge < -0.3 is 5.11 Å². The van der Waals surface area contributed by atoms with Crippen molar-refractivity contribution in [2.45, 2.75) is 6.42 Å². The molecule has 0 aliphatic heterocycles. The lowest BCUT2D eigenvalue weighted by Gasteiger charge is -2.09. The van der Waals surface area contributed by atoms with Crippen molar-refractivity contribution in [3.05, 3.63) is 66.1 Å². The Labute approximate surface area is 120 Å². The van der Waals surface area contributed by atoms with E-state index in [1.807, 2.05) is 12.1 Å². The minimum atomic E-state index is -0.873. The number of aromatic nitrogens is 1. The quantitative estimate of drug-likeness (QED) is 0.797. The number of halogens is 1. The molecule has 0 aliphatic carbocycles. The van der Waals surface area contributed by atoms with Gasteiger partial charge in [-0.15, -0.1) is 0 Å². The largest absolute Gasteiger partial charge is 0.481 e. The first-order valence-corrected chi connectivity index (χ1v) is 6.49. The van der Waals surface area contributed by atoms with Crippen molar-refractivity contribution in [1.29, 1.82) is 0 Å². The zero-order valence-corrected chi connectivity index (χ0v) is 11.1. The first-order valence-electron chi connectivity index (χ1n) is 6.49. The maximum Gasteiger partial charge on any atom is 0.307 e. The van der Waals surface area contributed by atoms with Gasteiger partial charge in [0.05, 0.1) is 12.1 Å². The lowest BCUT2D eigenvalue weighted by atomic mass is 9.99. The Morgan fingerprint density at radius 2 is 1.81 bits per heavy atom. The van der Waals surface area contributed by atoms with Gasteiger partial charge in [-0.1, -0.05) is 18.2 Å². The summed E-state index contributed by atoms with van der Waals surface area (Å²) in [6.45, 7) is 0. The summed E-state index contributed by atoms with van der Waals surface area (Å²) < 4.78 is 13.0. The monoisotopic (exact) mass is 281 g/mol. The number of benzene rings is 2. The maximum absolute atomic E-state index is 13.0. The average Bonchev–Trinajstić information content (AvgIpc) is 2.47. The number of carboxylic acids is 1. The molecule has 3 aromatic rings. The number of carbonyl (C=O) groups is 1. The van der Waals surface area contributed by atoms with Crippen molar-refractivity contribution in [1.82, 2.24) is 4.98 Å². The van der Waals surface area contributed by atoms with E-state index >= 15 is 0 Å². The first kappa shape index (κ1) is 13.2. The molecule has 3 rings (SSSR count). The van der Waals surface area contributed by atoms with Crippen LogP contribution in [-0.4, -0.2) is 16.1 Å². The number of rotatable bonds is 3. The summed E-state index contributed by atoms with van der Waals surface area (Å²) >= 11 is 0. The molecule has 0 fully saturated rings. The van der Waals surface area contributed by atoms with Gasteiger partial charge in [0.25, 0.3) is 0 Å². The highest BCUT2D eigenvalue weighted by Gasteiger charge is 2.10. The fourth-order valence-electron chi connectivity index (χ4n) is 2.43. The number of nitrogens with zero attached hydrogens (tertiary/aromatic N) is 1. The number of hydrogen-bond donors (Lipinski definition) is 1. The molecule has 1 heterocycles. The summed E-state index contributed by atoms with van der Waals surface area (Å²) in [5.41, 5.74) is 2.26. The number of fused-ring (bicyclic) bond motifs is 1. The lowest BCUT2D eigenvalue weighted by Crippen LogP contribution is -2.01. The highest BCUT2D eigenvalue weighted by molar-refractivity contribution is 5.97. The molecular formula is C17H12FNO2. The van der Waals surface area contributed by atoms with Gasteiger partial charge in [-0.05, 0) is 41.3 Å². The summed E-state index contributed by atoms with van der Waals surface area (Å²) in [4.78, 5) is 15.3. The van der Waals surface area contributed by atoms with Crippen LogP contribution in [0.4, 0.5) is 4.39 Å². The van der Waals surface area contributed by atoms with Gasteiger partial charge in [0.15, 0.2) is 0 Å². The second-order valence-electron chi connectivity index (χ2n) is 4.75. The normalized spacial score (nSPS) is 10.7. The van der Waals surface area contributed by atoms with Crippen LogP contribution in [-0.2, 0) is 11.2 Å². The van der Waals surface area contributed by atoms with E-state index in [0.717, 1.165) is 27.6 Å². The van der Waals surface area contributed by atoms with Crippen molar-refractivity contribution in [2.75, 3.05) is 0 Å². The summed E-state index contributed by atoms with van der Waals surface area (Å²) in [6, 6.07) is 13.4. The molecule has 0 saturated carbocycles. The molecule has 0 spiro atoms. The zero-order chi connectivity index (χ0) is 14.8. The topological polar surface area (TPSA) is 50.2 Å². The average molecular weight is 281 g/mol. The lowest BCUT2D eigenvalue weighted by molar-refractivity contribution is -0.136. The predicted octanol–water partition coefficient (Wildman–Crippen LogP) is 3.67. The minimum Gasteiger partial charge on any atom is -0.481 e. The van der Waals surface area contributed by atoms with Gasteiger partial charge in [0.1, 0.15) is 5.82 Å². The predicted molar refractivity (Wildman–Crippen MR) is 78.5 cm³/mol. The van der Waals surface area contributed by atoms with E-state index in [1.165, 1.54) is 12.1 Å². The number of pyridine rings is 1. The molecule has 0 radical (unpaired) electrons. The number of hydrogen-bond acceptors (Lipinski definition) is 2. The Morgan fingerprint density at radius 1 is 1.05 bits per heavy atom. The molecule has 4 heteroatoms. The third kappa shape index (κ3) is 2.60. The van der Waals surface area contributed by atoms with E-state index in [0.29, 0.717) is 0 Å². The van der Waals surface area contributed by atoms with Crippen molar-refractivity contribution in [2.24, 2.45) is 0 Å². The van der Waals surface area contributed by atoms with Crippen LogP contribution in [0.1, 0.15) is 5.56 Å². The highest BCUT2D eigenvalue weighted by Crippen LogP contribution is 2.28. The Morgan fingerprint density at radius 3 is 2.52 bits per heavy atom. The molecule has 1 N–H and O–H groups in total. The number of carboxylic acid groups (broad SMARTS) is 1. The molecule has 0 aliphatic rings. The van der Waals surface area contributed by atoms with Crippen LogP contribution in [0.15, 0.2) is 54.7 Å². The SMILES string of the molecule is O=C(O)Cc1cccc2c(-c3ccc(F)cc3)nccc12. The van der Waals surface area contributed by atoms with Gasteiger partial charge in [-0.3, -0.25) is 9.78 Å². The van der Waals surface area contributed by atoms with Crippen molar-refractivity contribution >= 4 is 16.7 Å². The summed E-state index contributed by atoms with van der Waals surface area (Å²) in [5.74, 6) is -1.17. The van der Waals surface area contributed by atoms with E-state index in [-0.39, 0.29) is 12.2 Å². The molecule has 2 aromatic carbocycles. The van der Waals surface area contributed by atoms with E-state index < -0.39 is 5.97 Å². The molecule has 104 valence electrons. The minimum absolute atomic E-state index is 0.0375. The number of aliphatic carboxylic acids is 1. The molecule has 0 amide bonds. The van der Waals surface area contributed by atoms with E-state index in [9.17, 15) is 9.18 Å². The van der Waals surface area contributed by atoms with Crippen LogP contribution in [0, 0.1) is 5.82 Å². The van der Waals surface area contributed by atoms with Gasteiger partial charge in [-0.2, -0.15) is 0 Å². The molecule has 0 bridgehead atoms. The van der Waals surface area contributed by atoms with Gasteiger partial charge in [-0.25, -0.2) is 4.39 Å². The second kappa shape index (κ2) is 5.32. The van der Waals surface area contributed by atoms with Crippen molar-refractivity contribution < 1.29 is 14.3 Å². The van der Waals surface area contributed by atoms with Crippen LogP contribution < -0.4 is 0 Å². The molecule has 1 aromatic heterocycles. The molecule has 0 unspecified atom stereocenters. The van der Waals surface area contributed by atoms with Crippen LogP contribution in [0.2, 0.25) is 0 Å². The van der Waals surface area contributed by atoms with Crippen molar-refractivity contribution in [3.8, 4) is 11.3 Å². The van der Waals surface area contributed by atoms with E-state index in [1.54, 1.807) is 30.5 Å². The van der Waals surface area contributed by atoms with Crippen LogP contribution in [0.3, 0.4) is 0 Å². The smallest absolute Gasteiger partial charge is 0.307 e. The summed E-state index contributed by atoms with van der Waals surface area (Å²) in [5, 5.41) is 10.7. The van der Waals surface area contributed by atoms with Crippen LogP contribution in [0.25, 0.3) is 22.0 Å². The third-order valence-corrected chi connectivity index (χ3v) is 3.36. The molecule has 0 saturated heterocycles. The molecule has 0 atom stereocenters. The van der Waals surface area contributed by atoms with Crippen LogP contribution in [0.5, 0.6) is 0 Å². The first-order chi connectivity index (χ1) is 10.1. The highest BCUT2D eigenvalue weighted by atomic mass is 19.1. The third-order valence-electron chi connectivity index (χ3n) is 3.36. The molecule has 3 nitrogen and oxygen atoms in total. The summed E-state index contributed by atoms with van der Waals surface area (Å²) in [7, 11) is 0. The maximum atomic E-state index is 13.0. The van der Waals surface area contributed by atoms with Gasteiger partial charge in [0.2, 0.25) is 0 Å². The van der Waals surface area contributed by atoms with Gasteiger partial charge in [0, 0.05) is 17.1 Å². The van der Waals surface area contributed by atoms with E-state index in [4.69, 9.17) is 5.11 Å². The van der Waals surface area contributed by atoms with Crippen LogP contribution >= 0.6 is 0 Å². The zero-order valence-electron chi connectivity index (χ0n) is 11.1. The standard InChI is InChI=1S/C17H12FNO2/c18-13-6-4-11(5-7-13)17-15-3-1-2-12(10-16(20)21)14(15)8-9-19-17/h1-9H,10H2,(H,20,21). The Balaban J connectivity index is 2.20. The Hall–Kier alpha value is -2.75. The van der Waals surface area contributed by atoms with Gasteiger partial charge >= 0.3 is 5.97 Å². The summed E-state index contributed by atoms with van der Waals surface area (Å²) in [6.07, 6.45) is 1.61. The molecular weight excluding hydrogens is 269 g/mol. The Bertz CT molecular complexity index is 813. The fourth-order valence-corrected chi connectivity index (χ4v) is 2.43. The van der Waals surface area contributed by atoms with E-state index in [2.05, 4.69) is 4.98 Å².